The van der Waals surface area contributed by atoms with Crippen LogP contribution in [-0.4, -0.2) is 33.5 Å². The molecule has 168 valence electrons. The van der Waals surface area contributed by atoms with E-state index in [-0.39, 0.29) is 11.8 Å². The number of carbonyl (C=O) groups is 1. The minimum absolute atomic E-state index is 0.103. The van der Waals surface area contributed by atoms with Gasteiger partial charge < -0.3 is 14.2 Å². The summed E-state index contributed by atoms with van der Waals surface area (Å²) in [6.07, 6.45) is 1.38. The molecular formula is C28H29N3O2. The topological polar surface area (TPSA) is 47.4 Å². The Kier molecular flexibility index (Phi) is 6.11. The zero-order valence-electron chi connectivity index (χ0n) is 19.0. The summed E-state index contributed by atoms with van der Waals surface area (Å²) < 4.78 is 8.26. The van der Waals surface area contributed by atoms with Crippen LogP contribution in [0.2, 0.25) is 0 Å². The maximum Gasteiger partial charge on any atom is 0.223 e. The first-order valence-corrected chi connectivity index (χ1v) is 11.6. The van der Waals surface area contributed by atoms with E-state index < -0.39 is 0 Å². The van der Waals surface area contributed by atoms with Crippen molar-refractivity contribution < 1.29 is 9.53 Å². The highest BCUT2D eigenvalue weighted by Gasteiger charge is 2.33. The summed E-state index contributed by atoms with van der Waals surface area (Å²) in [5, 5.41) is 0. The van der Waals surface area contributed by atoms with E-state index in [1.54, 1.807) is 0 Å². The van der Waals surface area contributed by atoms with Gasteiger partial charge in [-0.05, 0) is 48.7 Å². The number of benzene rings is 3. The summed E-state index contributed by atoms with van der Waals surface area (Å²) in [7, 11) is 0. The maximum absolute atomic E-state index is 12.8. The van der Waals surface area contributed by atoms with E-state index in [0.717, 1.165) is 41.1 Å². The van der Waals surface area contributed by atoms with Gasteiger partial charge >= 0.3 is 0 Å². The van der Waals surface area contributed by atoms with Gasteiger partial charge in [0.2, 0.25) is 5.91 Å². The van der Waals surface area contributed by atoms with Crippen LogP contribution in [0.25, 0.3) is 11.0 Å². The van der Waals surface area contributed by atoms with Crippen LogP contribution in [0, 0.1) is 6.92 Å². The molecule has 0 spiro atoms. The number of rotatable bonds is 8. The van der Waals surface area contributed by atoms with Crippen molar-refractivity contribution in [2.75, 3.05) is 13.2 Å². The molecule has 0 unspecified atom stereocenters. The fraction of sp³-hybridized carbons (Fsp3) is 0.286. The van der Waals surface area contributed by atoms with Gasteiger partial charge in [0.1, 0.15) is 11.6 Å². The molecule has 5 rings (SSSR count). The number of aryl methyl sites for hydroxylation is 2. The first kappa shape index (κ1) is 21.3. The van der Waals surface area contributed by atoms with Crippen LogP contribution in [-0.2, 0) is 17.9 Å². The third-order valence-electron chi connectivity index (χ3n) is 6.26. The first-order valence-electron chi connectivity index (χ1n) is 11.6. The fourth-order valence-corrected chi connectivity index (χ4v) is 4.66. The lowest BCUT2D eigenvalue weighted by atomic mass is 10.1. The molecular weight excluding hydrogens is 410 g/mol. The number of fused-ring (bicyclic) bond motifs is 1. The average Bonchev–Trinajstić information content (AvgIpc) is 3.38. The lowest BCUT2D eigenvalue weighted by molar-refractivity contribution is -0.128. The van der Waals surface area contributed by atoms with Gasteiger partial charge in [-0.1, -0.05) is 54.6 Å². The maximum atomic E-state index is 12.8. The highest BCUT2D eigenvalue weighted by Crippen LogP contribution is 2.31. The van der Waals surface area contributed by atoms with Crippen molar-refractivity contribution in [1.82, 2.24) is 14.5 Å². The number of hydrogen-bond acceptors (Lipinski definition) is 3. The van der Waals surface area contributed by atoms with E-state index in [4.69, 9.17) is 9.72 Å². The van der Waals surface area contributed by atoms with Crippen molar-refractivity contribution in [2.45, 2.75) is 38.8 Å². The van der Waals surface area contributed by atoms with E-state index in [1.807, 2.05) is 41.3 Å². The number of para-hydroxylation sites is 2. The van der Waals surface area contributed by atoms with Gasteiger partial charge in [0.05, 0.1) is 17.6 Å². The summed E-state index contributed by atoms with van der Waals surface area (Å²) in [5.74, 6) is 2.22. The van der Waals surface area contributed by atoms with Crippen molar-refractivity contribution in [3.05, 3.63) is 95.8 Å². The molecule has 1 amide bonds. The molecule has 1 saturated heterocycles. The van der Waals surface area contributed by atoms with E-state index in [0.29, 0.717) is 26.1 Å². The number of aromatic nitrogens is 2. The van der Waals surface area contributed by atoms with Crippen LogP contribution < -0.4 is 4.74 Å². The van der Waals surface area contributed by atoms with Crippen molar-refractivity contribution in [1.29, 1.82) is 0 Å². The van der Waals surface area contributed by atoms with Crippen molar-refractivity contribution in [3.8, 4) is 5.75 Å². The fourth-order valence-electron chi connectivity index (χ4n) is 4.66. The molecule has 5 nitrogen and oxygen atoms in total. The average molecular weight is 440 g/mol. The van der Waals surface area contributed by atoms with Crippen molar-refractivity contribution >= 4 is 16.9 Å². The van der Waals surface area contributed by atoms with Gasteiger partial charge in [-0.15, -0.1) is 0 Å². The quantitative estimate of drug-likeness (QED) is 0.349. The Morgan fingerprint density at radius 2 is 1.82 bits per heavy atom. The van der Waals surface area contributed by atoms with Gasteiger partial charge in [0.15, 0.2) is 0 Å². The molecule has 1 atom stereocenters. The lowest BCUT2D eigenvalue weighted by Gasteiger charge is -2.17. The monoisotopic (exact) mass is 439 g/mol. The molecule has 0 saturated carbocycles. The largest absolute Gasteiger partial charge is 0.494 e. The molecule has 33 heavy (non-hydrogen) atoms. The molecule has 1 aliphatic heterocycles. The molecule has 1 aromatic heterocycles. The van der Waals surface area contributed by atoms with Crippen LogP contribution in [0.15, 0.2) is 78.9 Å². The van der Waals surface area contributed by atoms with Gasteiger partial charge in [0, 0.05) is 32.0 Å². The molecule has 3 aromatic carbocycles. The molecule has 0 aliphatic carbocycles. The Labute approximate surface area is 194 Å². The predicted molar refractivity (Wildman–Crippen MR) is 130 cm³/mol. The van der Waals surface area contributed by atoms with E-state index in [9.17, 15) is 4.79 Å². The smallest absolute Gasteiger partial charge is 0.223 e. The number of nitrogens with zero attached hydrogens (tertiary/aromatic N) is 3. The third kappa shape index (κ3) is 4.77. The van der Waals surface area contributed by atoms with Crippen LogP contribution in [0.4, 0.5) is 0 Å². The lowest BCUT2D eigenvalue weighted by Crippen LogP contribution is -2.24. The number of likely N-dealkylation sites (tertiary alicyclic amines) is 1. The SMILES string of the molecule is Cc1cccc(OCCCn2c([C@H]3CC(=O)N(Cc4ccccc4)C3)nc3ccccc32)c1. The van der Waals surface area contributed by atoms with Crippen molar-refractivity contribution in [2.24, 2.45) is 0 Å². The van der Waals surface area contributed by atoms with Crippen LogP contribution in [0.5, 0.6) is 5.75 Å². The summed E-state index contributed by atoms with van der Waals surface area (Å²) in [5.41, 5.74) is 4.47. The molecule has 1 aliphatic rings. The van der Waals surface area contributed by atoms with Gasteiger partial charge in [-0.2, -0.15) is 0 Å². The second-order valence-electron chi connectivity index (χ2n) is 8.79. The Morgan fingerprint density at radius 3 is 2.67 bits per heavy atom. The van der Waals surface area contributed by atoms with E-state index in [2.05, 4.69) is 54.0 Å². The molecule has 5 heteroatoms. The third-order valence-corrected chi connectivity index (χ3v) is 6.26. The predicted octanol–water partition coefficient (Wildman–Crippen LogP) is 5.33. The molecule has 2 heterocycles. The van der Waals surface area contributed by atoms with E-state index in [1.165, 1.54) is 5.56 Å². The second-order valence-corrected chi connectivity index (χ2v) is 8.79. The number of hydrogen-bond donors (Lipinski definition) is 0. The highest BCUT2D eigenvalue weighted by atomic mass is 16.5. The summed E-state index contributed by atoms with van der Waals surface area (Å²) in [4.78, 5) is 19.7. The number of ether oxygens (including phenoxy) is 1. The first-order chi connectivity index (χ1) is 16.2. The molecule has 4 aromatic rings. The minimum Gasteiger partial charge on any atom is -0.494 e. The zero-order valence-corrected chi connectivity index (χ0v) is 19.0. The standard InChI is InChI=1S/C28H29N3O2/c1-21-9-7-12-24(17-21)33-16-8-15-31-26-14-6-5-13-25(26)29-28(31)23-18-27(32)30(20-23)19-22-10-3-2-4-11-22/h2-7,9-14,17,23H,8,15-16,18-20H2,1H3/t23-/m0/s1. The Balaban J connectivity index is 1.31. The zero-order chi connectivity index (χ0) is 22.6. The number of imidazole rings is 1. The van der Waals surface area contributed by atoms with Gasteiger partial charge in [-0.25, -0.2) is 4.98 Å². The highest BCUT2D eigenvalue weighted by molar-refractivity contribution is 5.81. The summed E-state index contributed by atoms with van der Waals surface area (Å²) in [6.45, 7) is 4.88. The second kappa shape index (κ2) is 9.49. The number of amides is 1. The van der Waals surface area contributed by atoms with E-state index >= 15 is 0 Å². The minimum atomic E-state index is 0.103. The van der Waals surface area contributed by atoms with Gasteiger partial charge in [0.25, 0.3) is 0 Å². The molecule has 0 bridgehead atoms. The molecule has 0 radical (unpaired) electrons. The summed E-state index contributed by atoms with van der Waals surface area (Å²) >= 11 is 0. The number of carbonyl (C=O) groups excluding carboxylic acids is 1. The van der Waals surface area contributed by atoms with Gasteiger partial charge in [-0.3, -0.25) is 4.79 Å². The van der Waals surface area contributed by atoms with Crippen LogP contribution in [0.3, 0.4) is 0 Å². The Bertz CT molecular complexity index is 1250. The van der Waals surface area contributed by atoms with Crippen LogP contribution >= 0.6 is 0 Å². The summed E-state index contributed by atoms with van der Waals surface area (Å²) in [6, 6.07) is 26.6. The van der Waals surface area contributed by atoms with Crippen LogP contribution in [0.1, 0.15) is 35.7 Å². The Hall–Kier alpha value is -3.60. The molecule has 0 N–H and O–H groups in total. The Morgan fingerprint density at radius 1 is 1.00 bits per heavy atom. The molecule has 1 fully saturated rings. The van der Waals surface area contributed by atoms with Crippen molar-refractivity contribution in [3.63, 3.8) is 0 Å². The normalized spacial score (nSPS) is 16.0.